The van der Waals surface area contributed by atoms with Gasteiger partial charge in [0.15, 0.2) is 5.16 Å². The van der Waals surface area contributed by atoms with E-state index in [-0.39, 0.29) is 10.7 Å². The van der Waals surface area contributed by atoms with Gasteiger partial charge in [0, 0.05) is 18.8 Å². The molecule has 0 aliphatic rings. The first-order valence-corrected chi connectivity index (χ1v) is 12.7. The van der Waals surface area contributed by atoms with Gasteiger partial charge in [-0.15, -0.1) is 0 Å². The van der Waals surface area contributed by atoms with Crippen LogP contribution in [0.3, 0.4) is 0 Å². The maximum Gasteiger partial charge on any atom is 0.243 e. The molecule has 0 saturated carbocycles. The van der Waals surface area contributed by atoms with Crippen molar-refractivity contribution in [3.05, 3.63) is 78.0 Å². The van der Waals surface area contributed by atoms with E-state index in [9.17, 15) is 12.8 Å². The molecule has 2 aromatic heterocycles. The number of hydrogen-bond acceptors (Lipinski definition) is 5. The van der Waals surface area contributed by atoms with Gasteiger partial charge < -0.3 is 8.98 Å². The van der Waals surface area contributed by atoms with Crippen molar-refractivity contribution in [3.8, 4) is 0 Å². The van der Waals surface area contributed by atoms with Crippen molar-refractivity contribution in [1.29, 1.82) is 0 Å². The zero-order valence-electron chi connectivity index (χ0n) is 17.9. The van der Waals surface area contributed by atoms with Crippen LogP contribution in [0.5, 0.6) is 0 Å². The number of furan rings is 1. The molecule has 0 atom stereocenters. The molecule has 0 bridgehead atoms. The van der Waals surface area contributed by atoms with Gasteiger partial charge in [0.25, 0.3) is 0 Å². The minimum absolute atomic E-state index is 0.228. The first-order valence-electron chi connectivity index (χ1n) is 10.3. The molecule has 4 aromatic rings. The fraction of sp³-hybridized carbons (Fsp3) is 0.261. The van der Waals surface area contributed by atoms with Crippen LogP contribution in [0.15, 0.2) is 75.3 Å². The fourth-order valence-electron chi connectivity index (χ4n) is 3.51. The Morgan fingerprint density at radius 3 is 2.50 bits per heavy atom. The van der Waals surface area contributed by atoms with Gasteiger partial charge in [0.05, 0.1) is 28.7 Å². The molecule has 0 spiro atoms. The van der Waals surface area contributed by atoms with Crippen LogP contribution in [0, 0.1) is 5.82 Å². The van der Waals surface area contributed by atoms with E-state index in [1.54, 1.807) is 36.6 Å². The third kappa shape index (κ3) is 4.60. The molecule has 32 heavy (non-hydrogen) atoms. The summed E-state index contributed by atoms with van der Waals surface area (Å²) in [5.74, 6) is 1.10. The quantitative estimate of drug-likeness (QED) is 0.315. The number of halogens is 1. The van der Waals surface area contributed by atoms with Crippen LogP contribution in [0.2, 0.25) is 0 Å². The van der Waals surface area contributed by atoms with E-state index in [2.05, 4.69) is 0 Å². The summed E-state index contributed by atoms with van der Waals surface area (Å²) >= 11 is 1.51. The van der Waals surface area contributed by atoms with Crippen molar-refractivity contribution in [3.63, 3.8) is 0 Å². The molecule has 0 saturated heterocycles. The number of sulfonamides is 1. The van der Waals surface area contributed by atoms with Crippen LogP contribution in [0.25, 0.3) is 11.0 Å². The van der Waals surface area contributed by atoms with Crippen molar-refractivity contribution >= 4 is 32.8 Å². The van der Waals surface area contributed by atoms with Gasteiger partial charge in [0.1, 0.15) is 11.6 Å². The largest absolute Gasteiger partial charge is 0.467 e. The molecule has 4 rings (SSSR count). The van der Waals surface area contributed by atoms with Crippen molar-refractivity contribution in [2.75, 3.05) is 13.1 Å². The summed E-state index contributed by atoms with van der Waals surface area (Å²) in [6.45, 7) is 4.92. The highest BCUT2D eigenvalue weighted by Gasteiger charge is 2.23. The van der Waals surface area contributed by atoms with E-state index < -0.39 is 10.0 Å². The Morgan fingerprint density at radius 1 is 1.09 bits per heavy atom. The van der Waals surface area contributed by atoms with E-state index >= 15 is 0 Å². The summed E-state index contributed by atoms with van der Waals surface area (Å²) < 4.78 is 48.1. The van der Waals surface area contributed by atoms with Crippen molar-refractivity contribution < 1.29 is 17.2 Å². The molecule has 0 unspecified atom stereocenters. The van der Waals surface area contributed by atoms with Crippen molar-refractivity contribution in [1.82, 2.24) is 13.9 Å². The lowest BCUT2D eigenvalue weighted by Gasteiger charge is -2.18. The Balaban J connectivity index is 1.72. The summed E-state index contributed by atoms with van der Waals surface area (Å²) in [6.07, 6.45) is 1.62. The van der Waals surface area contributed by atoms with E-state index in [1.807, 2.05) is 30.5 Å². The summed E-state index contributed by atoms with van der Waals surface area (Å²) in [6, 6.07) is 15.1. The highest BCUT2D eigenvalue weighted by molar-refractivity contribution is 7.98. The van der Waals surface area contributed by atoms with E-state index in [0.717, 1.165) is 22.0 Å². The van der Waals surface area contributed by atoms with Gasteiger partial charge in [0.2, 0.25) is 10.0 Å². The molecule has 9 heteroatoms. The van der Waals surface area contributed by atoms with E-state index in [4.69, 9.17) is 9.40 Å². The topological polar surface area (TPSA) is 68.3 Å². The minimum Gasteiger partial charge on any atom is -0.467 e. The second kappa shape index (κ2) is 9.48. The number of rotatable bonds is 9. The molecule has 2 heterocycles. The number of imidazole rings is 1. The molecule has 0 aliphatic carbocycles. The number of benzene rings is 2. The van der Waals surface area contributed by atoms with Gasteiger partial charge in [-0.25, -0.2) is 17.8 Å². The Kier molecular flexibility index (Phi) is 6.68. The molecule has 0 fully saturated rings. The number of fused-ring (bicyclic) bond motifs is 1. The van der Waals surface area contributed by atoms with Crippen LogP contribution in [0.1, 0.15) is 25.2 Å². The van der Waals surface area contributed by atoms with Gasteiger partial charge in [-0.05, 0) is 48.0 Å². The number of hydrogen-bond donors (Lipinski definition) is 0. The Morgan fingerprint density at radius 2 is 1.84 bits per heavy atom. The van der Waals surface area contributed by atoms with Crippen LogP contribution >= 0.6 is 11.8 Å². The Bertz CT molecular complexity index is 1300. The maximum absolute atomic E-state index is 13.2. The molecule has 0 aliphatic heterocycles. The zero-order valence-corrected chi connectivity index (χ0v) is 19.5. The molecule has 0 N–H and O–H groups in total. The van der Waals surface area contributed by atoms with Crippen LogP contribution in [-0.2, 0) is 22.3 Å². The number of aromatic nitrogens is 2. The Hall–Kier alpha value is -2.62. The summed E-state index contributed by atoms with van der Waals surface area (Å²) in [4.78, 5) is 4.97. The lowest BCUT2D eigenvalue weighted by molar-refractivity contribution is 0.445. The zero-order chi connectivity index (χ0) is 22.7. The van der Waals surface area contributed by atoms with E-state index in [1.165, 1.54) is 28.2 Å². The average Bonchev–Trinajstić information content (AvgIpc) is 3.42. The van der Waals surface area contributed by atoms with Crippen LogP contribution in [0.4, 0.5) is 4.39 Å². The van der Waals surface area contributed by atoms with Crippen LogP contribution < -0.4 is 0 Å². The predicted octanol–water partition coefficient (Wildman–Crippen LogP) is 5.14. The monoisotopic (exact) mass is 473 g/mol. The molecule has 168 valence electrons. The molecule has 6 nitrogen and oxygen atoms in total. The van der Waals surface area contributed by atoms with Gasteiger partial charge >= 0.3 is 0 Å². The third-order valence-corrected chi connectivity index (χ3v) is 8.30. The highest BCUT2D eigenvalue weighted by atomic mass is 32.2. The summed E-state index contributed by atoms with van der Waals surface area (Å²) in [5, 5.41) is 0.734. The average molecular weight is 474 g/mol. The van der Waals surface area contributed by atoms with Gasteiger partial charge in [-0.1, -0.05) is 37.7 Å². The lowest BCUT2D eigenvalue weighted by Crippen LogP contribution is -2.30. The van der Waals surface area contributed by atoms with Crippen LogP contribution in [-0.4, -0.2) is 35.4 Å². The predicted molar refractivity (Wildman–Crippen MR) is 124 cm³/mol. The summed E-state index contributed by atoms with van der Waals surface area (Å²) in [5.41, 5.74) is 2.39. The highest BCUT2D eigenvalue weighted by Crippen LogP contribution is 2.30. The van der Waals surface area contributed by atoms with Gasteiger partial charge in [-0.2, -0.15) is 4.31 Å². The fourth-order valence-corrected chi connectivity index (χ4v) is 5.96. The van der Waals surface area contributed by atoms with E-state index in [0.29, 0.717) is 30.9 Å². The molecular formula is C23H24FN3O3S2. The third-order valence-electron chi connectivity index (χ3n) is 5.20. The number of nitrogens with zero attached hydrogens (tertiary/aromatic N) is 3. The lowest BCUT2D eigenvalue weighted by atomic mass is 10.2. The Labute approximate surface area is 191 Å². The molecule has 0 radical (unpaired) electrons. The smallest absolute Gasteiger partial charge is 0.243 e. The van der Waals surface area contributed by atoms with Crippen molar-refractivity contribution in [2.24, 2.45) is 0 Å². The normalized spacial score (nSPS) is 12.1. The first-order chi connectivity index (χ1) is 15.4. The second-order valence-electron chi connectivity index (χ2n) is 7.21. The summed E-state index contributed by atoms with van der Waals surface area (Å²) in [7, 11) is -3.58. The molecule has 0 amide bonds. The molecule has 2 aromatic carbocycles. The minimum atomic E-state index is -3.58. The number of thioether (sulfide) groups is 1. The SMILES string of the molecule is CCN(CC)S(=O)(=O)c1ccc2c(c1)nc(SCc1ccc(F)cc1)n2Cc1ccco1. The van der Waals surface area contributed by atoms with Crippen molar-refractivity contribution in [2.45, 2.75) is 36.2 Å². The van der Waals surface area contributed by atoms with Gasteiger partial charge in [-0.3, -0.25) is 0 Å². The maximum atomic E-state index is 13.2. The standard InChI is InChI=1S/C23H24FN3O3S2/c1-3-26(4-2)32(28,29)20-11-12-22-21(14-20)25-23(27(22)15-19-6-5-13-30-19)31-16-17-7-9-18(24)10-8-17/h5-14H,3-4,15-16H2,1-2H3. The second-order valence-corrected chi connectivity index (χ2v) is 10.1. The first kappa shape index (κ1) is 22.6. The molecular weight excluding hydrogens is 449 g/mol.